The summed E-state index contributed by atoms with van der Waals surface area (Å²) in [5.41, 5.74) is 8.11. The summed E-state index contributed by atoms with van der Waals surface area (Å²) in [4.78, 5) is 16.7. The molecule has 1 fully saturated rings. The number of ether oxygens (including phenoxy) is 2. The zero-order chi connectivity index (χ0) is 28.4. The number of pyridine rings is 1. The molecule has 0 spiro atoms. The van der Waals surface area contributed by atoms with E-state index in [0.29, 0.717) is 18.1 Å². The monoisotopic (exact) mass is 545 g/mol. The molecule has 206 valence electrons. The average molecular weight is 546 g/mol. The molecule has 1 N–H and O–H groups in total. The van der Waals surface area contributed by atoms with E-state index in [9.17, 15) is 4.79 Å². The molecule has 0 saturated heterocycles. The number of hydrogen-bond acceptors (Lipinski definition) is 7. The molecule has 6 rings (SSSR count). The van der Waals surface area contributed by atoms with Crippen molar-refractivity contribution in [1.29, 1.82) is 0 Å². The highest BCUT2D eigenvalue weighted by Gasteiger charge is 2.52. The highest BCUT2D eigenvalue weighted by atomic mass is 16.5. The van der Waals surface area contributed by atoms with Crippen LogP contribution in [0.1, 0.15) is 31.0 Å². The Kier molecular flexibility index (Phi) is 7.01. The Balaban J connectivity index is 1.21. The first-order valence-corrected chi connectivity index (χ1v) is 13.7. The summed E-state index contributed by atoms with van der Waals surface area (Å²) in [6, 6.07) is 26.5. The highest BCUT2D eigenvalue weighted by molar-refractivity contribution is 5.87. The molecule has 1 aliphatic carbocycles. The molecule has 7 heteroatoms. The lowest BCUT2D eigenvalue weighted by atomic mass is 9.93. The fraction of sp³-hybridized carbons (Fsp3) is 0.206. The van der Waals surface area contributed by atoms with Crippen LogP contribution in [-0.4, -0.2) is 29.8 Å². The third kappa shape index (κ3) is 5.18. The van der Waals surface area contributed by atoms with Crippen molar-refractivity contribution in [2.45, 2.75) is 32.1 Å². The van der Waals surface area contributed by atoms with Gasteiger partial charge in [-0.15, -0.1) is 0 Å². The molecule has 0 amide bonds. The van der Waals surface area contributed by atoms with Crippen LogP contribution in [0.2, 0.25) is 0 Å². The van der Waals surface area contributed by atoms with Gasteiger partial charge in [-0.3, -0.25) is 9.78 Å². The maximum Gasteiger partial charge on any atom is 0.316 e. The summed E-state index contributed by atoms with van der Waals surface area (Å²) in [7, 11) is 1.63. The lowest BCUT2D eigenvalue weighted by Gasteiger charge is -2.14. The molecule has 1 aliphatic rings. The second kappa shape index (κ2) is 10.9. The first-order chi connectivity index (χ1) is 20.0. The van der Waals surface area contributed by atoms with E-state index in [1.165, 1.54) is 0 Å². The molecule has 7 nitrogen and oxygen atoms in total. The van der Waals surface area contributed by atoms with Gasteiger partial charge < -0.3 is 19.3 Å². The number of esters is 1. The van der Waals surface area contributed by atoms with Crippen molar-refractivity contribution >= 4 is 17.3 Å². The van der Waals surface area contributed by atoms with Gasteiger partial charge in [-0.05, 0) is 67.1 Å². The lowest BCUT2D eigenvalue weighted by Crippen LogP contribution is -2.23. The van der Waals surface area contributed by atoms with Gasteiger partial charge in [-0.25, -0.2) is 0 Å². The van der Waals surface area contributed by atoms with Gasteiger partial charge in [-0.2, -0.15) is 0 Å². The van der Waals surface area contributed by atoms with Crippen LogP contribution in [0.15, 0.2) is 95.8 Å². The summed E-state index contributed by atoms with van der Waals surface area (Å²) in [5, 5.41) is 7.74. The van der Waals surface area contributed by atoms with Gasteiger partial charge in [0.05, 0.1) is 25.3 Å². The van der Waals surface area contributed by atoms with E-state index in [4.69, 9.17) is 14.0 Å². The minimum atomic E-state index is -0.462. The van der Waals surface area contributed by atoms with Crippen molar-refractivity contribution < 1.29 is 18.8 Å². The number of aromatic nitrogens is 2. The molecular weight excluding hydrogens is 514 g/mol. The average Bonchev–Trinajstić information content (AvgIpc) is 3.76. The van der Waals surface area contributed by atoms with Gasteiger partial charge in [-0.1, -0.05) is 65.8 Å². The van der Waals surface area contributed by atoms with Crippen molar-refractivity contribution in [3.8, 4) is 39.3 Å². The normalized spacial score (nSPS) is 13.4. The van der Waals surface area contributed by atoms with E-state index in [1.54, 1.807) is 13.3 Å². The van der Waals surface area contributed by atoms with Crippen molar-refractivity contribution in [2.75, 3.05) is 19.0 Å². The number of benzene rings is 3. The van der Waals surface area contributed by atoms with Gasteiger partial charge in [0.2, 0.25) is 0 Å². The Morgan fingerprint density at radius 1 is 0.902 bits per heavy atom. The van der Waals surface area contributed by atoms with Crippen LogP contribution < -0.4 is 10.1 Å². The fourth-order valence-corrected chi connectivity index (χ4v) is 5.12. The summed E-state index contributed by atoms with van der Waals surface area (Å²) in [6.07, 6.45) is 5.19. The van der Waals surface area contributed by atoms with E-state index >= 15 is 0 Å². The van der Waals surface area contributed by atoms with E-state index in [2.05, 4.69) is 45.8 Å². The minimum absolute atomic E-state index is 0.118. The quantitative estimate of drug-likeness (QED) is 0.190. The Hall–Kier alpha value is -4.91. The van der Waals surface area contributed by atoms with Gasteiger partial charge in [0, 0.05) is 23.0 Å². The summed E-state index contributed by atoms with van der Waals surface area (Å²) >= 11 is 0. The van der Waals surface area contributed by atoms with Gasteiger partial charge in [0.1, 0.15) is 17.1 Å². The van der Waals surface area contributed by atoms with E-state index < -0.39 is 5.41 Å². The van der Waals surface area contributed by atoms with Gasteiger partial charge in [0.25, 0.3) is 0 Å². The van der Waals surface area contributed by atoms with E-state index in [0.717, 1.165) is 63.3 Å². The molecule has 5 aromatic rings. The molecule has 0 unspecified atom stereocenters. The van der Waals surface area contributed by atoms with Crippen molar-refractivity contribution in [3.05, 3.63) is 103 Å². The predicted octanol–water partition coefficient (Wildman–Crippen LogP) is 7.73. The van der Waals surface area contributed by atoms with Crippen LogP contribution in [0, 0.1) is 6.92 Å². The number of nitrogens with one attached hydrogen (secondary N) is 1. The molecule has 2 aromatic heterocycles. The third-order valence-electron chi connectivity index (χ3n) is 7.61. The van der Waals surface area contributed by atoms with E-state index in [-0.39, 0.29) is 5.97 Å². The lowest BCUT2D eigenvalue weighted by molar-refractivity contribution is -0.146. The number of methoxy groups -OCH3 is 1. The molecule has 0 radical (unpaired) electrons. The third-order valence-corrected chi connectivity index (χ3v) is 7.61. The molecule has 3 aromatic carbocycles. The number of rotatable bonds is 9. The highest BCUT2D eigenvalue weighted by Crippen LogP contribution is 2.49. The Bertz CT molecular complexity index is 1690. The zero-order valence-corrected chi connectivity index (χ0v) is 23.3. The number of aryl methyl sites for hydroxylation is 1. The summed E-state index contributed by atoms with van der Waals surface area (Å²) in [5.74, 6) is 1.26. The maximum absolute atomic E-state index is 12.5. The topological polar surface area (TPSA) is 86.5 Å². The van der Waals surface area contributed by atoms with Crippen LogP contribution in [0.25, 0.3) is 33.6 Å². The predicted molar refractivity (Wildman–Crippen MR) is 159 cm³/mol. The molecule has 2 heterocycles. The molecule has 0 aliphatic heterocycles. The van der Waals surface area contributed by atoms with Crippen molar-refractivity contribution in [1.82, 2.24) is 10.1 Å². The minimum Gasteiger partial charge on any atom is -0.495 e. The SMILES string of the molecule is CCOC(=O)C1(c2ccc(-c3ccc(-c4onc(C)c4Nc4cccc(-c5cncc(OC)c5)c4)cc3)cc2)CC1. The van der Waals surface area contributed by atoms with Gasteiger partial charge in [0.15, 0.2) is 5.76 Å². The van der Waals surface area contributed by atoms with Crippen LogP contribution in [0.3, 0.4) is 0 Å². The van der Waals surface area contributed by atoms with Crippen LogP contribution in [0.5, 0.6) is 5.75 Å². The summed E-state index contributed by atoms with van der Waals surface area (Å²) < 4.78 is 16.4. The Labute approximate surface area is 239 Å². The molecule has 0 bridgehead atoms. The number of nitrogens with zero attached hydrogens (tertiary/aromatic N) is 2. The molecule has 41 heavy (non-hydrogen) atoms. The van der Waals surface area contributed by atoms with Crippen molar-refractivity contribution in [2.24, 2.45) is 0 Å². The second-order valence-electron chi connectivity index (χ2n) is 10.2. The largest absolute Gasteiger partial charge is 0.495 e. The van der Waals surface area contributed by atoms with Crippen LogP contribution >= 0.6 is 0 Å². The molecule has 0 atom stereocenters. The summed E-state index contributed by atoms with van der Waals surface area (Å²) in [6.45, 7) is 4.17. The second-order valence-corrected chi connectivity index (χ2v) is 10.2. The molecular formula is C34H31N3O4. The number of carbonyl (C=O) groups excluding carboxylic acids is 1. The Morgan fingerprint density at radius 3 is 2.29 bits per heavy atom. The van der Waals surface area contributed by atoms with Crippen LogP contribution in [-0.2, 0) is 14.9 Å². The van der Waals surface area contributed by atoms with Crippen molar-refractivity contribution in [3.63, 3.8) is 0 Å². The Morgan fingerprint density at radius 2 is 1.61 bits per heavy atom. The number of anilines is 2. The van der Waals surface area contributed by atoms with Gasteiger partial charge >= 0.3 is 5.97 Å². The zero-order valence-electron chi connectivity index (χ0n) is 23.3. The van der Waals surface area contributed by atoms with E-state index in [1.807, 2.05) is 68.6 Å². The first-order valence-electron chi connectivity index (χ1n) is 13.7. The number of hydrogen-bond donors (Lipinski definition) is 1. The standard InChI is InChI=1S/C34H31N3O4/c1-4-40-33(38)34(16-17-34)28-14-12-24(13-15-28)23-8-10-25(11-9-23)32-31(22(2)37-41-32)36-29-7-5-6-26(18-29)27-19-30(39-3)21-35-20-27/h5-15,18-21,36H,4,16-17H2,1-3H3. The first kappa shape index (κ1) is 26.3. The number of carbonyl (C=O) groups is 1. The molecule has 1 saturated carbocycles. The smallest absolute Gasteiger partial charge is 0.316 e. The fourth-order valence-electron chi connectivity index (χ4n) is 5.12. The van der Waals surface area contributed by atoms with Crippen LogP contribution in [0.4, 0.5) is 11.4 Å². The maximum atomic E-state index is 12.5.